The van der Waals surface area contributed by atoms with Crippen molar-refractivity contribution in [3.05, 3.63) is 31.9 Å². The monoisotopic (exact) mass is 518 g/mol. The van der Waals surface area contributed by atoms with Gasteiger partial charge in [-0.3, -0.25) is 4.90 Å². The Morgan fingerprint density at radius 1 is 1.44 bits per heavy atom. The summed E-state index contributed by atoms with van der Waals surface area (Å²) >= 11 is 7.38. The van der Waals surface area contributed by atoms with Crippen LogP contribution in [-0.4, -0.2) is 64.0 Å². The predicted octanol–water partition coefficient (Wildman–Crippen LogP) is 3.13. The maximum absolute atomic E-state index is 14.4. The summed E-state index contributed by atoms with van der Waals surface area (Å²) in [5.74, 6) is -1.66. The van der Waals surface area contributed by atoms with Gasteiger partial charge in [0.1, 0.15) is 23.5 Å². The molecule has 0 spiro atoms. The number of aliphatic hydroxyl groups excluding tert-OH is 2. The highest BCUT2D eigenvalue weighted by Crippen LogP contribution is 2.33. The minimum Gasteiger partial charge on any atom is -0.444 e. The summed E-state index contributed by atoms with van der Waals surface area (Å²) in [6, 6.07) is 0.212. The summed E-state index contributed by atoms with van der Waals surface area (Å²) in [5, 5.41) is 19.9. The molecule has 1 aromatic rings. The Morgan fingerprint density at radius 2 is 2.07 bits per heavy atom. The Hall–Kier alpha value is -0.750. The highest BCUT2D eigenvalue weighted by Gasteiger charge is 2.36. The molecule has 0 saturated carbocycles. The Bertz CT molecular complexity index is 717. The van der Waals surface area contributed by atoms with Crippen molar-refractivity contribution in [1.29, 1.82) is 0 Å². The minimum atomic E-state index is -1.52. The average Bonchev–Trinajstić information content (AvgIpc) is 2.60. The predicted molar refractivity (Wildman–Crippen MR) is 104 cm³/mol. The first-order valence-corrected chi connectivity index (χ1v) is 9.77. The van der Waals surface area contributed by atoms with Gasteiger partial charge < -0.3 is 19.8 Å². The second-order valence-electron chi connectivity index (χ2n) is 7.26. The van der Waals surface area contributed by atoms with Gasteiger partial charge in [0.25, 0.3) is 0 Å². The molecule has 2 N–H and O–H groups in total. The Kier molecular flexibility index (Phi) is 7.28. The van der Waals surface area contributed by atoms with Crippen molar-refractivity contribution in [2.75, 3.05) is 26.2 Å². The molecule has 10 heteroatoms. The van der Waals surface area contributed by atoms with E-state index in [1.807, 2.05) is 0 Å². The lowest BCUT2D eigenvalue weighted by atomic mass is 10.1. The van der Waals surface area contributed by atoms with Gasteiger partial charge in [-0.15, -0.1) is 0 Å². The second kappa shape index (κ2) is 8.73. The van der Waals surface area contributed by atoms with Gasteiger partial charge in [0.05, 0.1) is 21.2 Å². The summed E-state index contributed by atoms with van der Waals surface area (Å²) in [4.78, 5) is 15.0. The number of amides is 1. The first-order chi connectivity index (χ1) is 12.5. The van der Waals surface area contributed by atoms with Crippen molar-refractivity contribution >= 4 is 40.3 Å². The lowest BCUT2D eigenvalue weighted by molar-refractivity contribution is -0.0783. The van der Waals surface area contributed by atoms with Crippen LogP contribution in [0.3, 0.4) is 0 Å². The molecule has 27 heavy (non-hydrogen) atoms. The van der Waals surface area contributed by atoms with Gasteiger partial charge in [-0.25, -0.2) is 13.6 Å². The molecule has 1 aromatic carbocycles. The van der Waals surface area contributed by atoms with Crippen LogP contribution in [0.1, 0.15) is 32.6 Å². The van der Waals surface area contributed by atoms with E-state index in [2.05, 4.69) is 0 Å². The van der Waals surface area contributed by atoms with Crippen LogP contribution in [0.2, 0.25) is 5.02 Å². The van der Waals surface area contributed by atoms with Gasteiger partial charge >= 0.3 is 6.09 Å². The Labute approximate surface area is 175 Å². The van der Waals surface area contributed by atoms with E-state index in [9.17, 15) is 23.8 Å². The van der Waals surface area contributed by atoms with Crippen LogP contribution in [0.25, 0.3) is 0 Å². The van der Waals surface area contributed by atoms with Gasteiger partial charge in [-0.2, -0.15) is 0 Å². The number of hydrogen-bond donors (Lipinski definition) is 2. The van der Waals surface area contributed by atoms with Gasteiger partial charge in [0.15, 0.2) is 0 Å². The number of nitrogens with zero attached hydrogens (tertiary/aromatic N) is 2. The normalized spacial score (nSPS) is 19.9. The number of halogens is 4. The number of rotatable bonds is 3. The molecule has 0 aromatic heterocycles. The zero-order valence-electron chi connectivity index (χ0n) is 15.2. The first kappa shape index (κ1) is 22.5. The van der Waals surface area contributed by atoms with E-state index in [1.165, 1.54) is 9.80 Å². The Balaban J connectivity index is 2.20. The molecule has 1 unspecified atom stereocenters. The maximum Gasteiger partial charge on any atom is 0.410 e. The SMILES string of the molecule is CC(C)(C)OC(=O)N1CCN(C(O)c2cc(F)c(I)c(Cl)c2F)[C@@H](CO)C1. The van der Waals surface area contributed by atoms with Crippen LogP contribution < -0.4 is 0 Å². The third-order valence-electron chi connectivity index (χ3n) is 4.11. The fourth-order valence-electron chi connectivity index (χ4n) is 2.80. The standard InChI is InChI=1S/C17H22ClF2IN2O4/c1-17(2,3)27-16(26)22-4-5-23(9(7-22)8-24)15(25)10-6-11(19)14(21)12(18)13(10)20/h6,9,15,24-25H,4-5,7-8H2,1-3H3/t9-,15?/m1/s1. The maximum atomic E-state index is 14.4. The third-order valence-corrected chi connectivity index (χ3v) is 5.84. The second-order valence-corrected chi connectivity index (χ2v) is 8.72. The molecular formula is C17H22ClF2IN2O4. The fourth-order valence-corrected chi connectivity index (χ4v) is 3.40. The molecule has 1 fully saturated rings. The van der Waals surface area contributed by atoms with E-state index in [-0.39, 0.29) is 28.8 Å². The van der Waals surface area contributed by atoms with Crippen molar-refractivity contribution in [3.8, 4) is 0 Å². The van der Waals surface area contributed by atoms with Gasteiger partial charge in [0, 0.05) is 25.2 Å². The number of hydrogen-bond acceptors (Lipinski definition) is 5. The minimum absolute atomic E-state index is 0.0730. The molecule has 1 amide bonds. The molecule has 2 rings (SSSR count). The number of benzene rings is 1. The molecule has 0 bridgehead atoms. The summed E-state index contributed by atoms with van der Waals surface area (Å²) < 4.78 is 33.6. The molecule has 6 nitrogen and oxygen atoms in total. The quantitative estimate of drug-likeness (QED) is 0.366. The van der Waals surface area contributed by atoms with E-state index >= 15 is 0 Å². The fraction of sp³-hybridized carbons (Fsp3) is 0.588. The van der Waals surface area contributed by atoms with Gasteiger partial charge in [-0.05, 0) is 49.4 Å². The lowest BCUT2D eigenvalue weighted by Crippen LogP contribution is -2.57. The molecule has 1 heterocycles. The molecule has 1 saturated heterocycles. The molecule has 0 aliphatic carbocycles. The topological polar surface area (TPSA) is 73.2 Å². The zero-order chi connectivity index (χ0) is 20.5. The number of aliphatic hydroxyl groups is 2. The van der Waals surface area contributed by atoms with Crippen molar-refractivity contribution in [2.45, 2.75) is 38.6 Å². The summed E-state index contributed by atoms with van der Waals surface area (Å²) in [6.45, 7) is 5.25. The molecule has 152 valence electrons. The smallest absolute Gasteiger partial charge is 0.410 e. The average molecular weight is 519 g/mol. The lowest BCUT2D eigenvalue weighted by Gasteiger charge is -2.43. The van der Waals surface area contributed by atoms with Gasteiger partial charge in [0.2, 0.25) is 0 Å². The van der Waals surface area contributed by atoms with E-state index < -0.39 is 47.2 Å². The Morgan fingerprint density at radius 3 is 2.63 bits per heavy atom. The number of carbonyl (C=O) groups excluding carboxylic acids is 1. The van der Waals surface area contributed by atoms with E-state index in [0.717, 1.165) is 6.07 Å². The summed E-state index contributed by atoms with van der Waals surface area (Å²) in [6.07, 6.45) is -2.06. The van der Waals surface area contributed by atoms with Crippen molar-refractivity contribution in [3.63, 3.8) is 0 Å². The van der Waals surface area contributed by atoms with E-state index in [0.29, 0.717) is 0 Å². The largest absolute Gasteiger partial charge is 0.444 e. The summed E-state index contributed by atoms with van der Waals surface area (Å²) in [7, 11) is 0. The van der Waals surface area contributed by atoms with E-state index in [4.69, 9.17) is 16.3 Å². The number of carbonyl (C=O) groups is 1. The van der Waals surface area contributed by atoms with E-state index in [1.54, 1.807) is 43.4 Å². The van der Waals surface area contributed by atoms with Crippen LogP contribution in [0.4, 0.5) is 13.6 Å². The number of ether oxygens (including phenoxy) is 1. The molecular weight excluding hydrogens is 497 g/mol. The van der Waals surface area contributed by atoms with Crippen molar-refractivity contribution < 1.29 is 28.5 Å². The van der Waals surface area contributed by atoms with Crippen LogP contribution in [0, 0.1) is 15.2 Å². The number of piperazine rings is 1. The molecule has 0 radical (unpaired) electrons. The molecule has 1 aliphatic rings. The van der Waals surface area contributed by atoms with Crippen molar-refractivity contribution in [1.82, 2.24) is 9.80 Å². The zero-order valence-corrected chi connectivity index (χ0v) is 18.1. The van der Waals surface area contributed by atoms with Gasteiger partial charge in [-0.1, -0.05) is 11.6 Å². The molecule has 1 aliphatic heterocycles. The summed E-state index contributed by atoms with van der Waals surface area (Å²) in [5.41, 5.74) is -0.983. The highest BCUT2D eigenvalue weighted by atomic mass is 127. The van der Waals surface area contributed by atoms with Crippen LogP contribution in [0.5, 0.6) is 0 Å². The van der Waals surface area contributed by atoms with Crippen molar-refractivity contribution in [2.24, 2.45) is 0 Å². The highest BCUT2D eigenvalue weighted by molar-refractivity contribution is 14.1. The van der Waals surface area contributed by atoms with Crippen LogP contribution in [-0.2, 0) is 4.74 Å². The third kappa shape index (κ3) is 5.20. The van der Waals surface area contributed by atoms with Crippen LogP contribution in [0.15, 0.2) is 6.07 Å². The first-order valence-electron chi connectivity index (χ1n) is 8.31. The van der Waals surface area contributed by atoms with Crippen LogP contribution >= 0.6 is 34.2 Å². The molecule has 2 atom stereocenters.